The van der Waals surface area contributed by atoms with Gasteiger partial charge >= 0.3 is 0 Å². The fourth-order valence-corrected chi connectivity index (χ4v) is 2.96. The summed E-state index contributed by atoms with van der Waals surface area (Å²) >= 11 is 0. The topological polar surface area (TPSA) is 58.9 Å². The second-order valence-electron chi connectivity index (χ2n) is 5.37. The van der Waals surface area contributed by atoms with Crippen LogP contribution in [0.15, 0.2) is 64.6 Å². The van der Waals surface area contributed by atoms with Crippen LogP contribution in [0, 0.1) is 6.92 Å². The van der Waals surface area contributed by atoms with Crippen molar-refractivity contribution in [3.8, 4) is 0 Å². The third-order valence-corrected chi connectivity index (χ3v) is 3.97. The van der Waals surface area contributed by atoms with Crippen molar-refractivity contribution in [2.24, 2.45) is 9.98 Å². The molecule has 0 aliphatic rings. The van der Waals surface area contributed by atoms with Crippen LogP contribution < -0.4 is 0 Å². The van der Waals surface area contributed by atoms with Crippen LogP contribution >= 0.6 is 0 Å². The highest BCUT2D eigenvalue weighted by Crippen LogP contribution is 2.43. The number of hydrogen-bond donors (Lipinski definition) is 0. The predicted molar refractivity (Wildman–Crippen MR) is 88.6 cm³/mol. The van der Waals surface area contributed by atoms with Gasteiger partial charge in [-0.15, -0.1) is 0 Å². The van der Waals surface area contributed by atoms with E-state index in [2.05, 4.69) is 9.98 Å². The molecule has 4 heteroatoms. The summed E-state index contributed by atoms with van der Waals surface area (Å²) in [5.74, 6) is -0.270. The molecule has 2 rings (SSSR count). The van der Waals surface area contributed by atoms with Gasteiger partial charge in [-0.25, -0.2) is 9.59 Å². The van der Waals surface area contributed by atoms with Gasteiger partial charge < -0.3 is 0 Å². The number of isocyanates is 2. The summed E-state index contributed by atoms with van der Waals surface area (Å²) in [6, 6.07) is 17.1. The molecule has 0 bridgehead atoms. The molecular formula is C19H18N2O2. The average molecular weight is 306 g/mol. The first-order valence-corrected chi connectivity index (χ1v) is 7.48. The van der Waals surface area contributed by atoms with Crippen molar-refractivity contribution in [2.75, 3.05) is 0 Å². The second-order valence-corrected chi connectivity index (χ2v) is 5.37. The Morgan fingerprint density at radius 3 is 2.17 bits per heavy atom. The molecule has 116 valence electrons. The van der Waals surface area contributed by atoms with E-state index in [1.165, 1.54) is 0 Å². The summed E-state index contributed by atoms with van der Waals surface area (Å²) in [5, 5.41) is 0. The molecule has 0 saturated heterocycles. The van der Waals surface area contributed by atoms with E-state index in [4.69, 9.17) is 0 Å². The molecule has 0 amide bonds. The molecule has 0 aliphatic carbocycles. The maximum atomic E-state index is 11.1. The van der Waals surface area contributed by atoms with Crippen molar-refractivity contribution in [3.63, 3.8) is 0 Å². The number of aliphatic imine (C=N–C) groups is 2. The fraction of sp³-hybridized carbons (Fsp3) is 0.263. The highest BCUT2D eigenvalue weighted by atomic mass is 16.1. The first-order chi connectivity index (χ1) is 11.2. The lowest BCUT2D eigenvalue weighted by molar-refractivity contribution is 0.358. The monoisotopic (exact) mass is 306 g/mol. The molecule has 1 unspecified atom stereocenters. The lowest BCUT2D eigenvalue weighted by Gasteiger charge is -2.32. The Balaban J connectivity index is 2.75. The molecule has 0 aromatic heterocycles. The Morgan fingerprint density at radius 1 is 1.00 bits per heavy atom. The summed E-state index contributed by atoms with van der Waals surface area (Å²) in [5.41, 5.74) is 1.29. The van der Waals surface area contributed by atoms with Crippen LogP contribution in [0.25, 0.3) is 0 Å². The molecule has 0 spiro atoms. The van der Waals surface area contributed by atoms with Crippen molar-refractivity contribution < 1.29 is 9.59 Å². The zero-order chi connectivity index (χ0) is 16.7. The minimum absolute atomic E-state index is 0.270. The van der Waals surface area contributed by atoms with E-state index in [1.54, 1.807) is 12.2 Å². The summed E-state index contributed by atoms with van der Waals surface area (Å²) in [7, 11) is 0. The Hall–Kier alpha value is -2.80. The highest BCUT2D eigenvalue weighted by Gasteiger charge is 2.41. The van der Waals surface area contributed by atoms with E-state index < -0.39 is 5.66 Å². The number of nitrogens with zero attached hydrogens (tertiary/aromatic N) is 2. The van der Waals surface area contributed by atoms with Crippen molar-refractivity contribution in [3.05, 3.63) is 71.3 Å². The van der Waals surface area contributed by atoms with Crippen LogP contribution in [-0.2, 0) is 15.3 Å². The molecule has 0 radical (unpaired) electrons. The van der Waals surface area contributed by atoms with Gasteiger partial charge in [-0.3, -0.25) is 0 Å². The second kappa shape index (κ2) is 7.46. The van der Waals surface area contributed by atoms with Gasteiger partial charge in [-0.2, -0.15) is 9.98 Å². The smallest absolute Gasteiger partial charge is 0.211 e. The maximum Gasteiger partial charge on any atom is 0.237 e. The number of aryl methyl sites for hydroxylation is 1. The van der Waals surface area contributed by atoms with Crippen molar-refractivity contribution in [2.45, 2.75) is 31.8 Å². The van der Waals surface area contributed by atoms with Crippen LogP contribution in [0.3, 0.4) is 0 Å². The standard InChI is InChI=1S/C19H18N2O2/c1-3-18(16-9-5-4-6-10-16)19(20-13-22,21-14-23)17-11-7-8-15(2)12-17/h4-12,18H,3H2,1-2H3. The molecule has 0 fully saturated rings. The lowest BCUT2D eigenvalue weighted by Crippen LogP contribution is -2.30. The zero-order valence-electron chi connectivity index (χ0n) is 13.2. The van der Waals surface area contributed by atoms with Gasteiger partial charge in [0.15, 0.2) is 0 Å². The molecule has 4 nitrogen and oxygen atoms in total. The van der Waals surface area contributed by atoms with Crippen molar-refractivity contribution in [1.29, 1.82) is 0 Å². The SMILES string of the molecule is CCC(c1ccccc1)C(N=C=O)(N=C=O)c1cccc(C)c1. The molecule has 0 aliphatic heterocycles. The highest BCUT2D eigenvalue weighted by molar-refractivity contribution is 5.46. The Morgan fingerprint density at radius 2 is 1.65 bits per heavy atom. The zero-order valence-corrected chi connectivity index (χ0v) is 13.2. The molecule has 2 aromatic rings. The van der Waals surface area contributed by atoms with Gasteiger partial charge in [-0.1, -0.05) is 67.1 Å². The lowest BCUT2D eigenvalue weighted by atomic mass is 9.79. The average Bonchev–Trinajstić information content (AvgIpc) is 2.57. The van der Waals surface area contributed by atoms with E-state index in [1.807, 2.05) is 68.4 Å². The number of hydrogen-bond acceptors (Lipinski definition) is 4. The fourth-order valence-electron chi connectivity index (χ4n) is 2.96. The van der Waals surface area contributed by atoms with Gasteiger partial charge in [-0.05, 0) is 18.9 Å². The minimum atomic E-state index is -1.34. The number of carbonyl (C=O) groups excluding carboxylic acids is 2. The van der Waals surface area contributed by atoms with Crippen molar-refractivity contribution in [1.82, 2.24) is 0 Å². The molecule has 0 saturated carbocycles. The molecule has 0 N–H and O–H groups in total. The Kier molecular flexibility index (Phi) is 5.37. The van der Waals surface area contributed by atoms with Gasteiger partial charge in [0.05, 0.1) is 0 Å². The Bertz CT molecular complexity index is 740. The van der Waals surface area contributed by atoms with Crippen LogP contribution in [0.2, 0.25) is 0 Å². The van der Waals surface area contributed by atoms with Crippen molar-refractivity contribution >= 4 is 12.2 Å². The van der Waals surface area contributed by atoms with Gasteiger partial charge in [0, 0.05) is 11.5 Å². The normalized spacial score (nSPS) is 14.0. The van der Waals surface area contributed by atoms with Gasteiger partial charge in [0.25, 0.3) is 0 Å². The summed E-state index contributed by atoms with van der Waals surface area (Å²) < 4.78 is 0. The molecule has 1 atom stereocenters. The third-order valence-electron chi connectivity index (χ3n) is 3.97. The summed E-state index contributed by atoms with van der Waals surface area (Å²) in [6.45, 7) is 3.91. The van der Waals surface area contributed by atoms with E-state index in [-0.39, 0.29) is 5.92 Å². The maximum absolute atomic E-state index is 11.1. The largest absolute Gasteiger partial charge is 0.237 e. The summed E-state index contributed by atoms with van der Waals surface area (Å²) in [4.78, 5) is 30.2. The van der Waals surface area contributed by atoms with Crippen LogP contribution in [0.5, 0.6) is 0 Å². The molecule has 0 heterocycles. The van der Waals surface area contributed by atoms with E-state index in [0.717, 1.165) is 11.1 Å². The predicted octanol–water partition coefficient (Wildman–Crippen LogP) is 4.01. The molecule has 2 aromatic carbocycles. The summed E-state index contributed by atoms with van der Waals surface area (Å²) in [6.07, 6.45) is 3.84. The molecular weight excluding hydrogens is 288 g/mol. The van der Waals surface area contributed by atoms with E-state index in [9.17, 15) is 9.59 Å². The van der Waals surface area contributed by atoms with E-state index in [0.29, 0.717) is 12.0 Å². The molecule has 23 heavy (non-hydrogen) atoms. The third kappa shape index (κ3) is 3.35. The van der Waals surface area contributed by atoms with E-state index >= 15 is 0 Å². The van der Waals surface area contributed by atoms with Gasteiger partial charge in [0.2, 0.25) is 17.8 Å². The first-order valence-electron chi connectivity index (χ1n) is 7.48. The van der Waals surface area contributed by atoms with Crippen LogP contribution in [-0.4, -0.2) is 12.2 Å². The Labute approximate surface area is 135 Å². The van der Waals surface area contributed by atoms with Crippen LogP contribution in [0.1, 0.15) is 36.0 Å². The first kappa shape index (κ1) is 16.6. The quantitative estimate of drug-likeness (QED) is 0.598. The minimum Gasteiger partial charge on any atom is -0.211 e. The van der Waals surface area contributed by atoms with Gasteiger partial charge in [0.1, 0.15) is 0 Å². The van der Waals surface area contributed by atoms with Crippen LogP contribution in [0.4, 0.5) is 0 Å². The number of rotatable bonds is 6. The number of benzene rings is 2.